The lowest BCUT2D eigenvalue weighted by molar-refractivity contribution is -0.124. The van der Waals surface area contributed by atoms with Crippen LogP contribution < -0.4 is 10.6 Å². The topological polar surface area (TPSA) is 44.4 Å². The van der Waals surface area contributed by atoms with Crippen molar-refractivity contribution in [2.24, 2.45) is 0 Å². The molecule has 4 nitrogen and oxygen atoms in total. The zero-order valence-corrected chi connectivity index (χ0v) is 13.1. The van der Waals surface area contributed by atoms with E-state index in [0.29, 0.717) is 6.04 Å². The van der Waals surface area contributed by atoms with Crippen LogP contribution in [0.5, 0.6) is 0 Å². The Balaban J connectivity index is 4.14. The summed E-state index contributed by atoms with van der Waals surface area (Å²) in [5.74, 6) is 0.0638. The van der Waals surface area contributed by atoms with E-state index in [9.17, 15) is 4.79 Å². The van der Waals surface area contributed by atoms with Crippen LogP contribution in [0.15, 0.2) is 0 Å². The van der Waals surface area contributed by atoms with Gasteiger partial charge in [-0.25, -0.2) is 0 Å². The maximum Gasteiger partial charge on any atom is 0.237 e. The minimum absolute atomic E-state index is 0.0638. The molecular weight excluding hydrogens is 226 g/mol. The fourth-order valence-corrected chi connectivity index (χ4v) is 1.90. The number of nitrogens with one attached hydrogen (secondary N) is 2. The lowest BCUT2D eigenvalue weighted by Gasteiger charge is -2.28. The normalized spacial score (nSPS) is 15.6. The first-order valence-corrected chi connectivity index (χ1v) is 7.00. The predicted molar refractivity (Wildman–Crippen MR) is 77.7 cm³/mol. The van der Waals surface area contributed by atoms with E-state index in [1.165, 1.54) is 0 Å². The molecule has 0 aliphatic rings. The van der Waals surface area contributed by atoms with Crippen LogP contribution in [0.25, 0.3) is 0 Å². The van der Waals surface area contributed by atoms with Crippen LogP contribution >= 0.6 is 0 Å². The zero-order valence-electron chi connectivity index (χ0n) is 13.1. The Bertz CT molecular complexity index is 244. The highest BCUT2D eigenvalue weighted by Gasteiger charge is 2.20. The summed E-state index contributed by atoms with van der Waals surface area (Å²) in [5.41, 5.74) is -0.171. The molecule has 0 spiro atoms. The van der Waals surface area contributed by atoms with Crippen molar-refractivity contribution in [2.75, 3.05) is 19.6 Å². The molecular formula is C14H31N3O. The third-order valence-corrected chi connectivity index (χ3v) is 2.85. The van der Waals surface area contributed by atoms with Crippen molar-refractivity contribution < 1.29 is 4.79 Å². The third-order valence-electron chi connectivity index (χ3n) is 2.85. The van der Waals surface area contributed by atoms with E-state index in [-0.39, 0.29) is 17.5 Å². The third kappa shape index (κ3) is 7.67. The van der Waals surface area contributed by atoms with Crippen LogP contribution in [0.2, 0.25) is 0 Å². The fourth-order valence-electron chi connectivity index (χ4n) is 1.90. The molecule has 108 valence electrons. The first-order valence-electron chi connectivity index (χ1n) is 7.00. The van der Waals surface area contributed by atoms with Gasteiger partial charge < -0.3 is 15.5 Å². The second-order valence-electron chi connectivity index (χ2n) is 6.01. The van der Waals surface area contributed by atoms with Crippen molar-refractivity contribution in [3.63, 3.8) is 0 Å². The molecule has 0 aliphatic heterocycles. The SMILES string of the molecule is CCN(CC)CC(C)NC(C)C(=O)NC(C)(C)C. The van der Waals surface area contributed by atoms with Crippen molar-refractivity contribution in [1.82, 2.24) is 15.5 Å². The highest BCUT2D eigenvalue weighted by atomic mass is 16.2. The summed E-state index contributed by atoms with van der Waals surface area (Å²) < 4.78 is 0. The van der Waals surface area contributed by atoms with Gasteiger partial charge in [0.2, 0.25) is 5.91 Å². The number of carbonyl (C=O) groups is 1. The number of carbonyl (C=O) groups excluding carboxylic acids is 1. The Hall–Kier alpha value is -0.610. The molecule has 2 atom stereocenters. The van der Waals surface area contributed by atoms with Gasteiger partial charge in [0.1, 0.15) is 0 Å². The molecule has 0 aliphatic carbocycles. The molecule has 0 radical (unpaired) electrons. The number of likely N-dealkylation sites (N-methyl/N-ethyl adjacent to an activating group) is 1. The molecule has 0 aromatic heterocycles. The first-order chi connectivity index (χ1) is 8.19. The van der Waals surface area contributed by atoms with E-state index in [0.717, 1.165) is 19.6 Å². The van der Waals surface area contributed by atoms with Gasteiger partial charge in [0, 0.05) is 18.1 Å². The average molecular weight is 257 g/mol. The Morgan fingerprint density at radius 1 is 1.17 bits per heavy atom. The second kappa shape index (κ2) is 7.74. The number of rotatable bonds is 7. The van der Waals surface area contributed by atoms with Gasteiger partial charge in [-0.3, -0.25) is 4.79 Å². The molecule has 0 aromatic carbocycles. The van der Waals surface area contributed by atoms with Gasteiger partial charge in [-0.1, -0.05) is 13.8 Å². The molecule has 2 unspecified atom stereocenters. The molecule has 0 bridgehead atoms. The van der Waals surface area contributed by atoms with Gasteiger partial charge in [-0.2, -0.15) is 0 Å². The van der Waals surface area contributed by atoms with Gasteiger partial charge in [0.05, 0.1) is 6.04 Å². The van der Waals surface area contributed by atoms with Gasteiger partial charge in [0.25, 0.3) is 0 Å². The van der Waals surface area contributed by atoms with E-state index >= 15 is 0 Å². The summed E-state index contributed by atoms with van der Waals surface area (Å²) in [6.07, 6.45) is 0. The van der Waals surface area contributed by atoms with Crippen molar-refractivity contribution in [3.05, 3.63) is 0 Å². The van der Waals surface area contributed by atoms with Crippen LogP contribution in [0.4, 0.5) is 0 Å². The quantitative estimate of drug-likeness (QED) is 0.728. The van der Waals surface area contributed by atoms with E-state index in [1.807, 2.05) is 27.7 Å². The Morgan fingerprint density at radius 3 is 2.06 bits per heavy atom. The molecule has 1 amide bonds. The fraction of sp³-hybridized carbons (Fsp3) is 0.929. The van der Waals surface area contributed by atoms with Crippen LogP contribution in [-0.4, -0.2) is 48.1 Å². The van der Waals surface area contributed by atoms with E-state index in [1.54, 1.807) is 0 Å². The Kier molecular flexibility index (Phi) is 7.48. The van der Waals surface area contributed by atoms with Crippen LogP contribution in [0.3, 0.4) is 0 Å². The summed E-state index contributed by atoms with van der Waals surface area (Å²) >= 11 is 0. The largest absolute Gasteiger partial charge is 0.350 e. The van der Waals surface area contributed by atoms with Crippen molar-refractivity contribution >= 4 is 5.91 Å². The van der Waals surface area contributed by atoms with Gasteiger partial charge >= 0.3 is 0 Å². The smallest absolute Gasteiger partial charge is 0.237 e. The Morgan fingerprint density at radius 2 is 1.67 bits per heavy atom. The molecule has 18 heavy (non-hydrogen) atoms. The van der Waals surface area contributed by atoms with Crippen molar-refractivity contribution in [1.29, 1.82) is 0 Å². The monoisotopic (exact) mass is 257 g/mol. The maximum atomic E-state index is 11.9. The highest BCUT2D eigenvalue weighted by molar-refractivity contribution is 5.81. The lowest BCUT2D eigenvalue weighted by Crippen LogP contribution is -2.53. The van der Waals surface area contributed by atoms with Gasteiger partial charge in [-0.05, 0) is 47.7 Å². The number of amides is 1. The van der Waals surface area contributed by atoms with E-state index in [2.05, 4.69) is 36.3 Å². The van der Waals surface area contributed by atoms with Crippen molar-refractivity contribution in [2.45, 2.75) is 66.1 Å². The number of hydrogen-bond donors (Lipinski definition) is 2. The van der Waals surface area contributed by atoms with Crippen molar-refractivity contribution in [3.8, 4) is 0 Å². The molecule has 0 saturated carbocycles. The lowest BCUT2D eigenvalue weighted by atomic mass is 10.1. The van der Waals surface area contributed by atoms with Crippen LogP contribution in [0, 0.1) is 0 Å². The minimum Gasteiger partial charge on any atom is -0.350 e. The van der Waals surface area contributed by atoms with E-state index < -0.39 is 0 Å². The standard InChI is InChI=1S/C14H31N3O/c1-8-17(9-2)10-11(3)15-12(4)13(18)16-14(5,6)7/h11-12,15H,8-10H2,1-7H3,(H,16,18). The van der Waals surface area contributed by atoms with Crippen LogP contribution in [-0.2, 0) is 4.79 Å². The summed E-state index contributed by atoms with van der Waals surface area (Å²) in [6, 6.07) is 0.153. The number of nitrogens with zero attached hydrogens (tertiary/aromatic N) is 1. The summed E-state index contributed by atoms with van der Waals surface area (Å²) in [5, 5.41) is 6.34. The first kappa shape index (κ1) is 17.4. The average Bonchev–Trinajstić information content (AvgIpc) is 2.23. The highest BCUT2D eigenvalue weighted by Crippen LogP contribution is 2.00. The molecule has 0 fully saturated rings. The molecule has 0 heterocycles. The molecule has 0 saturated heterocycles. The molecule has 0 rings (SSSR count). The second-order valence-corrected chi connectivity index (χ2v) is 6.01. The Labute approximate surface area is 113 Å². The summed E-state index contributed by atoms with van der Waals surface area (Å²) in [4.78, 5) is 14.3. The molecule has 4 heteroatoms. The van der Waals surface area contributed by atoms with Gasteiger partial charge in [0.15, 0.2) is 0 Å². The van der Waals surface area contributed by atoms with Gasteiger partial charge in [-0.15, -0.1) is 0 Å². The molecule has 2 N–H and O–H groups in total. The predicted octanol–water partition coefficient (Wildman–Crippen LogP) is 1.61. The minimum atomic E-state index is -0.171. The zero-order chi connectivity index (χ0) is 14.3. The van der Waals surface area contributed by atoms with E-state index in [4.69, 9.17) is 0 Å². The maximum absolute atomic E-state index is 11.9. The number of hydrogen-bond acceptors (Lipinski definition) is 3. The summed E-state index contributed by atoms with van der Waals surface area (Å²) in [6.45, 7) is 17.4. The van der Waals surface area contributed by atoms with Crippen LogP contribution in [0.1, 0.15) is 48.5 Å². The molecule has 0 aromatic rings. The summed E-state index contributed by atoms with van der Waals surface area (Å²) in [7, 11) is 0.